The van der Waals surface area contributed by atoms with E-state index in [1.807, 2.05) is 24.3 Å². The molecule has 0 N–H and O–H groups in total. The first-order valence-electron chi connectivity index (χ1n) is 5.56. The van der Waals surface area contributed by atoms with Crippen molar-refractivity contribution in [3.63, 3.8) is 0 Å². The van der Waals surface area contributed by atoms with Crippen molar-refractivity contribution >= 4 is 0 Å². The molecule has 3 heteroatoms. The largest absolute Gasteiger partial charge is 0.373 e. The lowest BCUT2D eigenvalue weighted by molar-refractivity contribution is -0.135. The predicted molar refractivity (Wildman–Crippen MR) is 59.9 cm³/mol. The van der Waals surface area contributed by atoms with E-state index in [0.717, 1.165) is 12.0 Å². The Bertz CT molecular complexity index is 372. The summed E-state index contributed by atoms with van der Waals surface area (Å²) in [6.45, 7) is 3.35. The molecule has 1 aliphatic heterocycles. The average Bonchev–Trinajstić information content (AvgIpc) is 2.39. The minimum Gasteiger partial charge on any atom is -0.373 e. The van der Waals surface area contributed by atoms with Crippen molar-refractivity contribution in [2.75, 3.05) is 13.2 Å². The van der Waals surface area contributed by atoms with E-state index in [1.165, 1.54) is 0 Å². The van der Waals surface area contributed by atoms with Gasteiger partial charge in [-0.2, -0.15) is 5.26 Å². The molecule has 2 rings (SSSR count). The second-order valence-corrected chi connectivity index (χ2v) is 3.92. The van der Waals surface area contributed by atoms with Crippen molar-refractivity contribution in [3.8, 4) is 6.07 Å². The third-order valence-electron chi connectivity index (χ3n) is 2.83. The molecule has 1 heterocycles. The molecule has 2 unspecified atom stereocenters. The van der Waals surface area contributed by atoms with Crippen LogP contribution >= 0.6 is 0 Å². The molecule has 1 aromatic carbocycles. The Morgan fingerprint density at radius 1 is 1.25 bits per heavy atom. The minimum absolute atomic E-state index is 0.00976. The van der Waals surface area contributed by atoms with Crippen LogP contribution < -0.4 is 0 Å². The van der Waals surface area contributed by atoms with Gasteiger partial charge in [0, 0.05) is 0 Å². The van der Waals surface area contributed by atoms with Crippen LogP contribution in [0, 0.1) is 11.3 Å². The molecule has 3 nitrogen and oxygen atoms in total. The summed E-state index contributed by atoms with van der Waals surface area (Å²) in [5.74, 6) is 0. The average molecular weight is 217 g/mol. The van der Waals surface area contributed by atoms with Gasteiger partial charge in [-0.05, 0) is 24.1 Å². The van der Waals surface area contributed by atoms with Crippen LogP contribution in [0.25, 0.3) is 0 Å². The molecule has 0 bridgehead atoms. The van der Waals surface area contributed by atoms with Crippen molar-refractivity contribution in [2.24, 2.45) is 0 Å². The number of rotatable bonds is 2. The highest BCUT2D eigenvalue weighted by Gasteiger charge is 2.22. The number of nitrogens with zero attached hydrogens (tertiary/aromatic N) is 1. The van der Waals surface area contributed by atoms with Gasteiger partial charge in [-0.15, -0.1) is 0 Å². The minimum atomic E-state index is 0.00976. The Morgan fingerprint density at radius 3 is 2.50 bits per heavy atom. The van der Waals surface area contributed by atoms with Crippen LogP contribution in [0.5, 0.6) is 0 Å². The molecule has 0 spiro atoms. The Labute approximate surface area is 95.6 Å². The summed E-state index contributed by atoms with van der Waals surface area (Å²) in [4.78, 5) is 0. The highest BCUT2D eigenvalue weighted by atomic mass is 16.6. The molecule has 1 aliphatic rings. The first-order valence-corrected chi connectivity index (χ1v) is 5.56. The van der Waals surface area contributed by atoms with E-state index in [-0.39, 0.29) is 12.2 Å². The van der Waals surface area contributed by atoms with E-state index in [0.29, 0.717) is 18.8 Å². The second-order valence-electron chi connectivity index (χ2n) is 3.92. The molecule has 0 aromatic heterocycles. The van der Waals surface area contributed by atoms with E-state index < -0.39 is 0 Å². The zero-order chi connectivity index (χ0) is 11.4. The normalized spacial score (nSPS) is 25.0. The summed E-state index contributed by atoms with van der Waals surface area (Å²) < 4.78 is 11.4. The van der Waals surface area contributed by atoms with Gasteiger partial charge in [0.2, 0.25) is 0 Å². The quantitative estimate of drug-likeness (QED) is 0.764. The second kappa shape index (κ2) is 5.11. The molecule has 84 valence electrons. The van der Waals surface area contributed by atoms with Crippen molar-refractivity contribution in [2.45, 2.75) is 25.6 Å². The molecular weight excluding hydrogens is 202 g/mol. The molecule has 0 aliphatic carbocycles. The van der Waals surface area contributed by atoms with Gasteiger partial charge in [0.1, 0.15) is 6.10 Å². The van der Waals surface area contributed by atoms with Crippen LogP contribution in [-0.2, 0) is 9.47 Å². The molecule has 1 fully saturated rings. The lowest BCUT2D eigenvalue weighted by atomic mass is 10.1. The highest BCUT2D eigenvalue weighted by molar-refractivity contribution is 5.32. The fourth-order valence-corrected chi connectivity index (χ4v) is 1.74. The summed E-state index contributed by atoms with van der Waals surface area (Å²) in [5, 5.41) is 8.70. The van der Waals surface area contributed by atoms with Gasteiger partial charge in [-0.3, -0.25) is 0 Å². The Morgan fingerprint density at radius 2 is 2.00 bits per heavy atom. The van der Waals surface area contributed by atoms with Gasteiger partial charge in [0.05, 0.1) is 31.0 Å². The first kappa shape index (κ1) is 11.1. The Balaban J connectivity index is 2.00. The molecule has 1 saturated heterocycles. The number of ether oxygens (including phenoxy) is 2. The van der Waals surface area contributed by atoms with E-state index in [4.69, 9.17) is 14.7 Å². The van der Waals surface area contributed by atoms with E-state index in [9.17, 15) is 0 Å². The maximum Gasteiger partial charge on any atom is 0.106 e. The number of nitriles is 1. The van der Waals surface area contributed by atoms with Crippen molar-refractivity contribution in [1.82, 2.24) is 0 Å². The van der Waals surface area contributed by atoms with E-state index in [2.05, 4.69) is 13.0 Å². The Hall–Kier alpha value is -1.37. The first-order chi connectivity index (χ1) is 7.83. The van der Waals surface area contributed by atoms with E-state index in [1.54, 1.807) is 0 Å². The molecule has 2 atom stereocenters. The lowest BCUT2D eigenvalue weighted by Gasteiger charge is -2.29. The number of benzene rings is 1. The summed E-state index contributed by atoms with van der Waals surface area (Å²) in [6, 6.07) is 9.58. The third kappa shape index (κ3) is 2.41. The SMILES string of the molecule is CCC1COC(c2ccc(C#N)cc2)CO1. The van der Waals surface area contributed by atoms with Crippen molar-refractivity contribution in [1.29, 1.82) is 5.26 Å². The highest BCUT2D eigenvalue weighted by Crippen LogP contribution is 2.23. The van der Waals surface area contributed by atoms with Crippen LogP contribution in [-0.4, -0.2) is 19.3 Å². The summed E-state index contributed by atoms with van der Waals surface area (Å²) in [7, 11) is 0. The van der Waals surface area contributed by atoms with Gasteiger partial charge in [0.25, 0.3) is 0 Å². The number of hydrogen-bond donors (Lipinski definition) is 0. The molecule has 16 heavy (non-hydrogen) atoms. The van der Waals surface area contributed by atoms with Crippen LogP contribution in [0.3, 0.4) is 0 Å². The van der Waals surface area contributed by atoms with Gasteiger partial charge in [-0.25, -0.2) is 0 Å². The fourth-order valence-electron chi connectivity index (χ4n) is 1.74. The van der Waals surface area contributed by atoms with Crippen molar-refractivity contribution in [3.05, 3.63) is 35.4 Å². The smallest absolute Gasteiger partial charge is 0.106 e. The molecular formula is C13H15NO2. The Kier molecular flexibility index (Phi) is 3.55. The molecule has 1 aromatic rings. The third-order valence-corrected chi connectivity index (χ3v) is 2.83. The topological polar surface area (TPSA) is 42.2 Å². The predicted octanol–water partition coefficient (Wildman–Crippen LogP) is 2.42. The van der Waals surface area contributed by atoms with Gasteiger partial charge >= 0.3 is 0 Å². The monoisotopic (exact) mass is 217 g/mol. The van der Waals surface area contributed by atoms with Gasteiger partial charge in [0.15, 0.2) is 0 Å². The zero-order valence-electron chi connectivity index (χ0n) is 9.35. The van der Waals surface area contributed by atoms with Gasteiger partial charge in [-0.1, -0.05) is 19.1 Å². The number of hydrogen-bond acceptors (Lipinski definition) is 3. The fraction of sp³-hybridized carbons (Fsp3) is 0.462. The van der Waals surface area contributed by atoms with Gasteiger partial charge < -0.3 is 9.47 Å². The van der Waals surface area contributed by atoms with Crippen molar-refractivity contribution < 1.29 is 9.47 Å². The summed E-state index contributed by atoms with van der Waals surface area (Å²) >= 11 is 0. The lowest BCUT2D eigenvalue weighted by Crippen LogP contribution is -2.30. The molecule has 0 amide bonds. The van der Waals surface area contributed by atoms with Crippen LogP contribution in [0.1, 0.15) is 30.6 Å². The van der Waals surface area contributed by atoms with Crippen LogP contribution in [0.4, 0.5) is 0 Å². The zero-order valence-corrected chi connectivity index (χ0v) is 9.35. The maximum atomic E-state index is 8.70. The molecule has 0 saturated carbocycles. The standard InChI is InChI=1S/C13H15NO2/c1-2-12-8-16-13(9-15-12)11-5-3-10(7-14)4-6-11/h3-6,12-13H,2,8-9H2,1H3. The maximum absolute atomic E-state index is 8.70. The van der Waals surface area contributed by atoms with Crippen LogP contribution in [0.15, 0.2) is 24.3 Å². The summed E-state index contributed by atoms with van der Waals surface area (Å²) in [5.41, 5.74) is 1.75. The van der Waals surface area contributed by atoms with Crippen LogP contribution in [0.2, 0.25) is 0 Å². The summed E-state index contributed by atoms with van der Waals surface area (Å²) in [6.07, 6.45) is 1.23. The molecule has 0 radical (unpaired) electrons. The van der Waals surface area contributed by atoms with E-state index >= 15 is 0 Å².